The van der Waals surface area contributed by atoms with Crippen molar-refractivity contribution in [2.24, 2.45) is 0 Å². The minimum atomic E-state index is -1.23. The van der Waals surface area contributed by atoms with E-state index in [1.54, 1.807) is 24.5 Å². The summed E-state index contributed by atoms with van der Waals surface area (Å²) < 4.78 is 5.71. The van der Waals surface area contributed by atoms with Gasteiger partial charge >= 0.3 is 0 Å². The summed E-state index contributed by atoms with van der Waals surface area (Å²) in [6.45, 7) is 0.412. The Labute approximate surface area is 135 Å². The molecule has 0 spiro atoms. The first-order chi connectivity index (χ1) is 11.2. The molecule has 0 aliphatic heterocycles. The van der Waals surface area contributed by atoms with E-state index in [1.165, 1.54) is 0 Å². The summed E-state index contributed by atoms with van der Waals surface area (Å²) in [5, 5.41) is 13.1. The summed E-state index contributed by atoms with van der Waals surface area (Å²) in [6.07, 6.45) is 6.29. The largest absolute Gasteiger partial charge is 0.489 e. The van der Waals surface area contributed by atoms with Gasteiger partial charge in [-0.2, -0.15) is 0 Å². The lowest BCUT2D eigenvalue weighted by molar-refractivity contribution is -0.133. The number of anilines is 1. The minimum Gasteiger partial charge on any atom is -0.489 e. The molecule has 1 saturated carbocycles. The second-order valence-corrected chi connectivity index (χ2v) is 5.87. The van der Waals surface area contributed by atoms with Crippen LogP contribution in [0.25, 0.3) is 0 Å². The molecule has 2 aromatic rings. The molecule has 23 heavy (non-hydrogen) atoms. The van der Waals surface area contributed by atoms with Crippen LogP contribution in [0.2, 0.25) is 0 Å². The first-order valence-corrected chi connectivity index (χ1v) is 7.81. The van der Waals surface area contributed by atoms with E-state index >= 15 is 0 Å². The van der Waals surface area contributed by atoms with Crippen LogP contribution in [0.3, 0.4) is 0 Å². The Morgan fingerprint density at radius 1 is 1.26 bits per heavy atom. The lowest BCUT2D eigenvalue weighted by atomic mass is 10.0. The summed E-state index contributed by atoms with van der Waals surface area (Å²) in [4.78, 5) is 16.3. The zero-order valence-corrected chi connectivity index (χ0v) is 12.9. The molecule has 1 aliphatic rings. The first-order valence-electron chi connectivity index (χ1n) is 7.81. The molecule has 0 atom stereocenters. The fourth-order valence-electron chi connectivity index (χ4n) is 2.75. The number of carbonyl (C=O) groups excluding carboxylic acids is 1. The van der Waals surface area contributed by atoms with Crippen molar-refractivity contribution in [3.63, 3.8) is 0 Å². The highest BCUT2D eigenvalue weighted by Crippen LogP contribution is 2.31. The van der Waals surface area contributed by atoms with Crippen LogP contribution >= 0.6 is 0 Å². The molecule has 2 N–H and O–H groups in total. The molecule has 1 heterocycles. The minimum absolute atomic E-state index is 0.334. The van der Waals surface area contributed by atoms with Gasteiger partial charge in [-0.1, -0.05) is 12.1 Å². The number of amides is 1. The Morgan fingerprint density at radius 3 is 2.83 bits per heavy atom. The third-order valence-electron chi connectivity index (χ3n) is 4.07. The van der Waals surface area contributed by atoms with Crippen molar-refractivity contribution in [3.05, 3.63) is 54.4 Å². The fourth-order valence-corrected chi connectivity index (χ4v) is 2.75. The smallest absolute Gasteiger partial charge is 0.256 e. The summed E-state index contributed by atoms with van der Waals surface area (Å²) in [6, 6.07) is 11.0. The molecule has 1 amide bonds. The number of nitrogens with zero attached hydrogens (tertiary/aromatic N) is 1. The Balaban J connectivity index is 1.62. The van der Waals surface area contributed by atoms with Gasteiger partial charge in [0.15, 0.2) is 0 Å². The van der Waals surface area contributed by atoms with Gasteiger partial charge < -0.3 is 15.2 Å². The molecule has 1 aliphatic carbocycles. The van der Waals surface area contributed by atoms with Crippen molar-refractivity contribution >= 4 is 11.6 Å². The fraction of sp³-hybridized carbons (Fsp3) is 0.333. The van der Waals surface area contributed by atoms with E-state index < -0.39 is 5.60 Å². The topological polar surface area (TPSA) is 71.5 Å². The van der Waals surface area contributed by atoms with Gasteiger partial charge in [0.05, 0.1) is 0 Å². The Kier molecular flexibility index (Phi) is 4.57. The molecule has 5 nitrogen and oxygen atoms in total. The SMILES string of the molecule is O=C(Nc1cccc(OCc2cccnc2)c1)C1(O)CCCC1. The van der Waals surface area contributed by atoms with Crippen molar-refractivity contribution < 1.29 is 14.6 Å². The van der Waals surface area contributed by atoms with Crippen LogP contribution < -0.4 is 10.1 Å². The second-order valence-electron chi connectivity index (χ2n) is 5.87. The predicted octanol–water partition coefficient (Wildman–Crippen LogP) is 2.90. The van der Waals surface area contributed by atoms with Gasteiger partial charge in [-0.25, -0.2) is 0 Å². The van der Waals surface area contributed by atoms with Crippen LogP contribution in [0.15, 0.2) is 48.8 Å². The Morgan fingerprint density at radius 2 is 2.09 bits per heavy atom. The van der Waals surface area contributed by atoms with Gasteiger partial charge in [-0.15, -0.1) is 0 Å². The maximum atomic E-state index is 12.2. The number of nitrogens with one attached hydrogen (secondary N) is 1. The molecule has 0 saturated heterocycles. The maximum absolute atomic E-state index is 12.2. The molecule has 5 heteroatoms. The second kappa shape index (κ2) is 6.79. The number of rotatable bonds is 5. The normalized spacial score (nSPS) is 16.0. The van der Waals surface area contributed by atoms with Crippen LogP contribution in [0.1, 0.15) is 31.2 Å². The molecule has 3 rings (SSSR count). The molecule has 1 fully saturated rings. The highest BCUT2D eigenvalue weighted by atomic mass is 16.5. The number of hydrogen-bond acceptors (Lipinski definition) is 4. The molecule has 1 aromatic heterocycles. The maximum Gasteiger partial charge on any atom is 0.256 e. The van der Waals surface area contributed by atoms with E-state index in [2.05, 4.69) is 10.3 Å². The van der Waals surface area contributed by atoms with Crippen LogP contribution in [0, 0.1) is 0 Å². The van der Waals surface area contributed by atoms with E-state index in [1.807, 2.05) is 24.3 Å². The molecular weight excluding hydrogens is 292 g/mol. The highest BCUT2D eigenvalue weighted by Gasteiger charge is 2.38. The standard InChI is InChI=1S/C18H20N2O3/c21-17(18(22)8-1-2-9-18)20-15-6-3-7-16(11-15)23-13-14-5-4-10-19-12-14/h3-7,10-12,22H,1-2,8-9,13H2,(H,20,21). The average Bonchev–Trinajstić information content (AvgIpc) is 3.02. The Bertz CT molecular complexity index is 667. The van der Waals surface area contributed by atoms with Gasteiger partial charge in [-0.3, -0.25) is 9.78 Å². The molecule has 0 radical (unpaired) electrons. The number of pyridine rings is 1. The van der Waals surface area contributed by atoms with Crippen molar-refractivity contribution in [1.82, 2.24) is 4.98 Å². The van der Waals surface area contributed by atoms with Crippen LogP contribution in [0.5, 0.6) is 5.75 Å². The molecule has 0 bridgehead atoms. The summed E-state index contributed by atoms with van der Waals surface area (Å²) in [7, 11) is 0. The quantitative estimate of drug-likeness (QED) is 0.890. The van der Waals surface area contributed by atoms with E-state index in [0.29, 0.717) is 30.9 Å². The summed E-state index contributed by atoms with van der Waals surface area (Å²) >= 11 is 0. The number of aliphatic hydroxyl groups is 1. The van der Waals surface area contributed by atoms with Gasteiger partial charge in [0.1, 0.15) is 18.0 Å². The van der Waals surface area contributed by atoms with E-state index in [9.17, 15) is 9.90 Å². The van der Waals surface area contributed by atoms with Crippen molar-refractivity contribution in [2.75, 3.05) is 5.32 Å². The van der Waals surface area contributed by atoms with E-state index in [0.717, 1.165) is 18.4 Å². The number of aromatic nitrogens is 1. The van der Waals surface area contributed by atoms with Crippen molar-refractivity contribution in [3.8, 4) is 5.75 Å². The molecule has 1 aromatic carbocycles. The molecule has 120 valence electrons. The van der Waals surface area contributed by atoms with Crippen molar-refractivity contribution in [2.45, 2.75) is 37.9 Å². The van der Waals surface area contributed by atoms with E-state index in [-0.39, 0.29) is 5.91 Å². The highest BCUT2D eigenvalue weighted by molar-refractivity contribution is 5.97. The number of ether oxygens (including phenoxy) is 1. The molecule has 0 unspecified atom stereocenters. The van der Waals surface area contributed by atoms with Crippen molar-refractivity contribution in [1.29, 1.82) is 0 Å². The third-order valence-corrected chi connectivity index (χ3v) is 4.07. The first kappa shape index (κ1) is 15.5. The van der Waals surface area contributed by atoms with E-state index in [4.69, 9.17) is 4.74 Å². The monoisotopic (exact) mass is 312 g/mol. The average molecular weight is 312 g/mol. The summed E-state index contributed by atoms with van der Waals surface area (Å²) in [5.41, 5.74) is 0.369. The van der Waals surface area contributed by atoms with Crippen LogP contribution in [-0.4, -0.2) is 21.6 Å². The predicted molar refractivity (Wildman–Crippen MR) is 87.1 cm³/mol. The lowest BCUT2D eigenvalue weighted by Gasteiger charge is -2.21. The van der Waals surface area contributed by atoms with Crippen LogP contribution in [-0.2, 0) is 11.4 Å². The number of carbonyl (C=O) groups is 1. The third kappa shape index (κ3) is 3.87. The lowest BCUT2D eigenvalue weighted by Crippen LogP contribution is -2.40. The zero-order valence-electron chi connectivity index (χ0n) is 12.9. The van der Waals surface area contributed by atoms with Gasteiger partial charge in [0.2, 0.25) is 0 Å². The van der Waals surface area contributed by atoms with Gasteiger partial charge in [0, 0.05) is 29.7 Å². The molecular formula is C18H20N2O3. The van der Waals surface area contributed by atoms with Gasteiger partial charge in [0.25, 0.3) is 5.91 Å². The zero-order chi connectivity index (χ0) is 16.1. The Hall–Kier alpha value is -2.40. The number of hydrogen-bond donors (Lipinski definition) is 2. The number of benzene rings is 1. The van der Waals surface area contributed by atoms with Crippen LogP contribution in [0.4, 0.5) is 5.69 Å². The van der Waals surface area contributed by atoms with Gasteiger partial charge in [-0.05, 0) is 43.9 Å². The summed E-state index contributed by atoms with van der Waals surface area (Å²) in [5.74, 6) is 0.324.